The molecule has 6 heteroatoms. The molecule has 0 N–H and O–H groups in total. The summed E-state index contributed by atoms with van der Waals surface area (Å²) in [6.45, 7) is 13.3. The Balaban J connectivity index is 2.26. The Morgan fingerprint density at radius 3 is 2.22 bits per heavy atom. The number of ether oxygens (including phenoxy) is 2. The maximum atomic E-state index is 12.2. The molecule has 0 saturated heterocycles. The minimum absolute atomic E-state index is 0.0976. The zero-order chi connectivity index (χ0) is 20.4. The molecule has 6 nitrogen and oxygen atoms in total. The van der Waals surface area contributed by atoms with Crippen LogP contribution in [0.3, 0.4) is 0 Å². The van der Waals surface area contributed by atoms with Gasteiger partial charge in [-0.05, 0) is 66.2 Å². The van der Waals surface area contributed by atoms with Crippen molar-refractivity contribution in [1.82, 2.24) is 9.78 Å². The average molecular weight is 372 g/mol. The average Bonchev–Trinajstić information content (AvgIpc) is 2.87. The molecule has 0 aliphatic carbocycles. The lowest BCUT2D eigenvalue weighted by molar-refractivity contribution is 0.00692. The van der Waals surface area contributed by atoms with Crippen molar-refractivity contribution in [2.24, 2.45) is 0 Å². The molecule has 0 radical (unpaired) electrons. The zero-order valence-corrected chi connectivity index (χ0v) is 17.1. The van der Waals surface area contributed by atoms with E-state index in [0.717, 1.165) is 11.3 Å². The summed E-state index contributed by atoms with van der Waals surface area (Å²) in [5, 5.41) is 4.52. The van der Waals surface area contributed by atoms with E-state index in [4.69, 9.17) is 9.47 Å². The summed E-state index contributed by atoms with van der Waals surface area (Å²) in [7, 11) is 0. The summed E-state index contributed by atoms with van der Waals surface area (Å²) in [5.74, 6) is -0.705. The Morgan fingerprint density at radius 1 is 1.11 bits per heavy atom. The Bertz CT molecular complexity index is 829. The number of aromatic nitrogens is 2. The fourth-order valence-electron chi connectivity index (χ4n) is 2.91. The number of carbonyl (C=O) groups is 2. The molecule has 0 spiro atoms. The number of carbonyl (C=O) groups excluding carboxylic acids is 2. The number of esters is 2. The second-order valence-electron chi connectivity index (χ2n) is 7.51. The third-order valence-corrected chi connectivity index (χ3v) is 4.20. The predicted molar refractivity (Wildman–Crippen MR) is 103 cm³/mol. The van der Waals surface area contributed by atoms with Crippen molar-refractivity contribution in [2.45, 2.75) is 60.1 Å². The molecule has 27 heavy (non-hydrogen) atoms. The molecule has 1 heterocycles. The molecule has 0 saturated carbocycles. The first kappa shape index (κ1) is 20.7. The first-order chi connectivity index (χ1) is 12.5. The first-order valence-corrected chi connectivity index (χ1v) is 9.11. The standard InChI is InChI=1S/C21H28N2O4/c1-8-26-20(25)18-13(2)22-23(15(18)4)14(3)16-9-11-17(12-10-16)19(24)27-21(5,6)7/h9-12,14H,8H2,1-7H3. The van der Waals surface area contributed by atoms with E-state index in [1.165, 1.54) is 0 Å². The van der Waals surface area contributed by atoms with E-state index in [9.17, 15) is 9.59 Å². The highest BCUT2D eigenvalue weighted by Gasteiger charge is 2.23. The molecule has 146 valence electrons. The van der Waals surface area contributed by atoms with E-state index in [-0.39, 0.29) is 18.0 Å². The zero-order valence-electron chi connectivity index (χ0n) is 17.1. The van der Waals surface area contributed by atoms with Crippen LogP contribution in [0.5, 0.6) is 0 Å². The third kappa shape index (κ3) is 4.76. The number of rotatable bonds is 5. The highest BCUT2D eigenvalue weighted by Crippen LogP contribution is 2.24. The molecular weight excluding hydrogens is 344 g/mol. The van der Waals surface area contributed by atoms with Crippen LogP contribution in [0.25, 0.3) is 0 Å². The van der Waals surface area contributed by atoms with Crippen molar-refractivity contribution in [3.8, 4) is 0 Å². The summed E-state index contributed by atoms with van der Waals surface area (Å²) in [6, 6.07) is 7.16. The van der Waals surface area contributed by atoms with Gasteiger partial charge < -0.3 is 9.47 Å². The lowest BCUT2D eigenvalue weighted by Gasteiger charge is -2.20. The van der Waals surface area contributed by atoms with Gasteiger partial charge in [-0.3, -0.25) is 4.68 Å². The van der Waals surface area contributed by atoms with Gasteiger partial charge in [0, 0.05) is 0 Å². The van der Waals surface area contributed by atoms with E-state index < -0.39 is 5.60 Å². The van der Waals surface area contributed by atoms with Gasteiger partial charge >= 0.3 is 11.9 Å². The largest absolute Gasteiger partial charge is 0.462 e. The van der Waals surface area contributed by atoms with Crippen molar-refractivity contribution < 1.29 is 19.1 Å². The SMILES string of the molecule is CCOC(=O)c1c(C)nn(C(C)c2ccc(C(=O)OC(C)(C)C)cc2)c1C. The second-order valence-corrected chi connectivity index (χ2v) is 7.51. The number of nitrogens with zero attached hydrogens (tertiary/aromatic N) is 2. The fraction of sp³-hybridized carbons (Fsp3) is 0.476. The molecule has 2 rings (SSSR count). The van der Waals surface area contributed by atoms with E-state index in [1.807, 2.05) is 51.4 Å². The van der Waals surface area contributed by atoms with Gasteiger partial charge in [-0.15, -0.1) is 0 Å². The van der Waals surface area contributed by atoms with Crippen molar-refractivity contribution in [3.05, 3.63) is 52.3 Å². The molecule has 0 aliphatic rings. The normalized spacial score (nSPS) is 12.6. The van der Waals surface area contributed by atoms with E-state index in [1.54, 1.807) is 26.0 Å². The summed E-state index contributed by atoms with van der Waals surface area (Å²) in [4.78, 5) is 24.3. The van der Waals surface area contributed by atoms with Crippen LogP contribution in [0.2, 0.25) is 0 Å². The minimum atomic E-state index is -0.532. The number of hydrogen-bond donors (Lipinski definition) is 0. The number of aryl methyl sites for hydroxylation is 1. The summed E-state index contributed by atoms with van der Waals surface area (Å²) in [5.41, 5.74) is 2.85. The molecule has 1 atom stereocenters. The monoisotopic (exact) mass is 372 g/mol. The minimum Gasteiger partial charge on any atom is -0.462 e. The summed E-state index contributed by atoms with van der Waals surface area (Å²) >= 11 is 0. The van der Waals surface area contributed by atoms with Crippen molar-refractivity contribution in [3.63, 3.8) is 0 Å². The fourth-order valence-corrected chi connectivity index (χ4v) is 2.91. The number of benzene rings is 1. The van der Waals surface area contributed by atoms with Gasteiger partial charge in [0.25, 0.3) is 0 Å². The van der Waals surface area contributed by atoms with E-state index in [0.29, 0.717) is 23.4 Å². The van der Waals surface area contributed by atoms with Gasteiger partial charge in [0.1, 0.15) is 11.2 Å². The molecule has 1 unspecified atom stereocenters. The Morgan fingerprint density at radius 2 is 1.70 bits per heavy atom. The van der Waals surface area contributed by atoms with Crippen molar-refractivity contribution in [1.29, 1.82) is 0 Å². The van der Waals surface area contributed by atoms with Crippen LogP contribution < -0.4 is 0 Å². The Kier molecular flexibility index (Phi) is 6.08. The van der Waals surface area contributed by atoms with Gasteiger partial charge in [0.05, 0.1) is 29.6 Å². The van der Waals surface area contributed by atoms with Crippen molar-refractivity contribution >= 4 is 11.9 Å². The maximum Gasteiger partial charge on any atom is 0.341 e. The van der Waals surface area contributed by atoms with Gasteiger partial charge in [-0.1, -0.05) is 12.1 Å². The Labute approximate surface area is 160 Å². The van der Waals surface area contributed by atoms with Crippen LogP contribution >= 0.6 is 0 Å². The van der Waals surface area contributed by atoms with Gasteiger partial charge in [0.15, 0.2) is 0 Å². The van der Waals surface area contributed by atoms with Crippen LogP contribution in [0.1, 0.15) is 78.3 Å². The van der Waals surface area contributed by atoms with Crippen molar-refractivity contribution in [2.75, 3.05) is 6.61 Å². The number of hydrogen-bond acceptors (Lipinski definition) is 5. The maximum absolute atomic E-state index is 12.2. The highest BCUT2D eigenvalue weighted by atomic mass is 16.6. The molecule has 1 aromatic carbocycles. The molecular formula is C21H28N2O4. The topological polar surface area (TPSA) is 70.4 Å². The van der Waals surface area contributed by atoms with Gasteiger partial charge in [-0.25, -0.2) is 9.59 Å². The molecule has 0 aliphatic heterocycles. The van der Waals surface area contributed by atoms with Crippen LogP contribution in [-0.2, 0) is 9.47 Å². The quantitative estimate of drug-likeness (QED) is 0.734. The Hall–Kier alpha value is -2.63. The lowest BCUT2D eigenvalue weighted by atomic mass is 10.1. The first-order valence-electron chi connectivity index (χ1n) is 9.11. The van der Waals surface area contributed by atoms with Gasteiger partial charge in [0.2, 0.25) is 0 Å². The lowest BCUT2D eigenvalue weighted by Crippen LogP contribution is -2.23. The molecule has 0 amide bonds. The van der Waals surface area contributed by atoms with Gasteiger partial charge in [-0.2, -0.15) is 5.10 Å². The van der Waals surface area contributed by atoms with Crippen LogP contribution in [0, 0.1) is 13.8 Å². The van der Waals surface area contributed by atoms with E-state index >= 15 is 0 Å². The predicted octanol–water partition coefficient (Wildman–Crippen LogP) is 4.24. The van der Waals surface area contributed by atoms with Crippen LogP contribution in [-0.4, -0.2) is 33.9 Å². The second kappa shape index (κ2) is 7.94. The van der Waals surface area contributed by atoms with E-state index in [2.05, 4.69) is 5.10 Å². The smallest absolute Gasteiger partial charge is 0.341 e. The molecule has 1 aromatic heterocycles. The summed E-state index contributed by atoms with van der Waals surface area (Å²) in [6.07, 6.45) is 0. The van der Waals surface area contributed by atoms with Crippen LogP contribution in [0.4, 0.5) is 0 Å². The summed E-state index contributed by atoms with van der Waals surface area (Å²) < 4.78 is 12.3. The third-order valence-electron chi connectivity index (χ3n) is 4.20. The molecule has 0 fully saturated rings. The molecule has 0 bridgehead atoms. The molecule has 2 aromatic rings. The van der Waals surface area contributed by atoms with Crippen LogP contribution in [0.15, 0.2) is 24.3 Å². The highest BCUT2D eigenvalue weighted by molar-refractivity contribution is 5.92.